The fraction of sp³-hybridized carbons (Fsp3) is 0.381. The molecule has 0 aliphatic carbocycles. The Morgan fingerprint density at radius 3 is 2.31 bits per heavy atom. The summed E-state index contributed by atoms with van der Waals surface area (Å²) in [5.41, 5.74) is 6.76. The second-order valence-electron chi connectivity index (χ2n) is 7.31. The monoisotopic (exact) mass is 441 g/mol. The van der Waals surface area contributed by atoms with Gasteiger partial charge in [-0.1, -0.05) is 12.1 Å². The number of benzene rings is 2. The van der Waals surface area contributed by atoms with Crippen molar-refractivity contribution in [2.45, 2.75) is 6.42 Å². The number of ether oxygens (including phenoxy) is 1. The van der Waals surface area contributed by atoms with Crippen molar-refractivity contribution in [2.75, 3.05) is 32.7 Å². The van der Waals surface area contributed by atoms with Gasteiger partial charge in [-0.3, -0.25) is 4.79 Å². The largest absolute Gasteiger partial charge is 0.457 e. The Labute approximate surface area is 182 Å². The topological polar surface area (TPSA) is 67.6 Å². The number of nitrogens with zero attached hydrogens (tertiary/aromatic N) is 1. The van der Waals surface area contributed by atoms with Crippen LogP contribution >= 0.6 is 24.8 Å². The Bertz CT molecular complexity index is 823. The van der Waals surface area contributed by atoms with Gasteiger partial charge in [-0.15, -0.1) is 24.8 Å². The maximum Gasteiger partial charge on any atom is 0.256 e. The first-order valence-corrected chi connectivity index (χ1v) is 9.40. The summed E-state index contributed by atoms with van der Waals surface area (Å²) in [6.07, 6.45) is 0.808. The maximum absolute atomic E-state index is 14.3. The zero-order valence-electron chi connectivity index (χ0n) is 16.0. The molecule has 4 rings (SSSR count). The van der Waals surface area contributed by atoms with E-state index in [1.807, 2.05) is 24.3 Å². The first-order valence-electron chi connectivity index (χ1n) is 9.40. The number of carbonyl (C=O) groups is 1. The summed E-state index contributed by atoms with van der Waals surface area (Å²) in [5, 5.41) is 3.34. The number of rotatable bonds is 5. The van der Waals surface area contributed by atoms with Crippen molar-refractivity contribution in [3.63, 3.8) is 0 Å². The van der Waals surface area contributed by atoms with E-state index >= 15 is 0 Å². The van der Waals surface area contributed by atoms with E-state index in [1.165, 1.54) is 12.1 Å². The first-order chi connectivity index (χ1) is 13.1. The van der Waals surface area contributed by atoms with Crippen LogP contribution in [0.4, 0.5) is 4.39 Å². The van der Waals surface area contributed by atoms with Gasteiger partial charge >= 0.3 is 0 Å². The summed E-state index contributed by atoms with van der Waals surface area (Å²) in [4.78, 5) is 14.6. The molecule has 3 N–H and O–H groups in total. The SMILES string of the molecule is Cl.Cl.NCCc1ccc(Oc2ccc(F)c(C(=O)N3C[C@H]4CNC[C@H]4C3)c2)cc1. The Morgan fingerprint density at radius 1 is 1.07 bits per heavy atom. The number of carbonyl (C=O) groups excluding carboxylic acids is 1. The van der Waals surface area contributed by atoms with Crippen LogP contribution in [0.15, 0.2) is 42.5 Å². The van der Waals surface area contributed by atoms with Gasteiger partial charge in [-0.2, -0.15) is 0 Å². The Hall–Kier alpha value is -1.86. The fourth-order valence-electron chi connectivity index (χ4n) is 3.95. The highest BCUT2D eigenvalue weighted by molar-refractivity contribution is 5.95. The second-order valence-corrected chi connectivity index (χ2v) is 7.31. The van der Waals surface area contributed by atoms with Crippen LogP contribution in [0, 0.1) is 17.7 Å². The Morgan fingerprint density at radius 2 is 1.69 bits per heavy atom. The number of halogens is 3. The zero-order chi connectivity index (χ0) is 18.8. The molecule has 1 amide bonds. The molecule has 2 heterocycles. The van der Waals surface area contributed by atoms with E-state index in [0.29, 0.717) is 43.0 Å². The minimum absolute atomic E-state index is 0. The first kappa shape index (κ1) is 23.4. The molecule has 2 aromatic rings. The molecule has 158 valence electrons. The fourth-order valence-corrected chi connectivity index (χ4v) is 3.95. The van der Waals surface area contributed by atoms with E-state index in [2.05, 4.69) is 5.32 Å². The average Bonchev–Trinajstić information content (AvgIpc) is 3.27. The summed E-state index contributed by atoms with van der Waals surface area (Å²) < 4.78 is 20.1. The van der Waals surface area contributed by atoms with Crippen molar-refractivity contribution in [2.24, 2.45) is 17.6 Å². The van der Waals surface area contributed by atoms with Gasteiger partial charge in [-0.05, 0) is 60.7 Å². The molecule has 5 nitrogen and oxygen atoms in total. The van der Waals surface area contributed by atoms with Gasteiger partial charge < -0.3 is 20.7 Å². The van der Waals surface area contributed by atoms with E-state index in [9.17, 15) is 9.18 Å². The molecule has 2 aliphatic heterocycles. The van der Waals surface area contributed by atoms with Crippen LogP contribution in [-0.4, -0.2) is 43.5 Å². The summed E-state index contributed by atoms with van der Waals surface area (Å²) in [6, 6.07) is 11.9. The van der Waals surface area contributed by atoms with Gasteiger partial charge in [0.1, 0.15) is 17.3 Å². The van der Waals surface area contributed by atoms with Crippen LogP contribution in [0.25, 0.3) is 0 Å². The molecule has 2 aliphatic rings. The summed E-state index contributed by atoms with van der Waals surface area (Å²) in [7, 11) is 0. The maximum atomic E-state index is 14.3. The number of hydrogen-bond donors (Lipinski definition) is 2. The van der Waals surface area contributed by atoms with Crippen molar-refractivity contribution >= 4 is 30.7 Å². The predicted octanol–water partition coefficient (Wildman–Crippen LogP) is 3.25. The number of fused-ring (bicyclic) bond motifs is 1. The van der Waals surface area contributed by atoms with Gasteiger partial charge in [0.25, 0.3) is 5.91 Å². The summed E-state index contributed by atoms with van der Waals surface area (Å²) in [6.45, 7) is 3.83. The van der Waals surface area contributed by atoms with Crippen molar-refractivity contribution in [1.29, 1.82) is 0 Å². The third-order valence-electron chi connectivity index (χ3n) is 5.44. The lowest BCUT2D eigenvalue weighted by atomic mass is 10.0. The minimum atomic E-state index is -0.513. The highest BCUT2D eigenvalue weighted by Crippen LogP contribution is 2.29. The molecule has 2 fully saturated rings. The van der Waals surface area contributed by atoms with E-state index in [-0.39, 0.29) is 36.3 Å². The van der Waals surface area contributed by atoms with E-state index in [1.54, 1.807) is 11.0 Å². The van der Waals surface area contributed by atoms with Crippen molar-refractivity contribution in [3.05, 3.63) is 59.4 Å². The van der Waals surface area contributed by atoms with Crippen LogP contribution in [0.5, 0.6) is 11.5 Å². The van der Waals surface area contributed by atoms with Crippen molar-refractivity contribution in [1.82, 2.24) is 10.2 Å². The van der Waals surface area contributed by atoms with E-state index in [0.717, 1.165) is 25.1 Å². The molecule has 0 radical (unpaired) electrons. The number of hydrogen-bond acceptors (Lipinski definition) is 4. The minimum Gasteiger partial charge on any atom is -0.457 e. The molecule has 2 atom stereocenters. The highest BCUT2D eigenvalue weighted by atomic mass is 35.5. The lowest BCUT2D eigenvalue weighted by molar-refractivity contribution is 0.0776. The molecule has 2 aromatic carbocycles. The molecule has 29 heavy (non-hydrogen) atoms. The van der Waals surface area contributed by atoms with E-state index < -0.39 is 5.82 Å². The summed E-state index contributed by atoms with van der Waals surface area (Å²) >= 11 is 0. The Balaban J connectivity index is 0.00000150. The molecule has 0 aromatic heterocycles. The quantitative estimate of drug-likeness (QED) is 0.746. The number of amides is 1. The van der Waals surface area contributed by atoms with Gasteiger partial charge in [0.05, 0.1) is 5.56 Å². The molecule has 0 spiro atoms. The smallest absolute Gasteiger partial charge is 0.256 e. The zero-order valence-corrected chi connectivity index (χ0v) is 17.6. The molecular weight excluding hydrogens is 416 g/mol. The molecule has 0 unspecified atom stereocenters. The third kappa shape index (κ3) is 5.20. The third-order valence-corrected chi connectivity index (χ3v) is 5.44. The van der Waals surface area contributed by atoms with Gasteiger partial charge in [0.2, 0.25) is 0 Å². The highest BCUT2D eigenvalue weighted by Gasteiger charge is 2.38. The van der Waals surface area contributed by atoms with E-state index in [4.69, 9.17) is 10.5 Å². The standard InChI is InChI=1S/C21H24FN3O2.2ClH/c22-20-6-5-18(27-17-3-1-14(2-4-17)7-8-23)9-19(20)21(26)25-12-15-10-24-11-16(15)13-25;;/h1-6,9,15-16,24H,7-8,10-13,23H2;2*1H/t15-,16+;;. The van der Waals surface area contributed by atoms with Crippen LogP contribution in [-0.2, 0) is 6.42 Å². The predicted molar refractivity (Wildman–Crippen MR) is 116 cm³/mol. The second kappa shape index (κ2) is 10.3. The van der Waals surface area contributed by atoms with Crippen LogP contribution in [0.1, 0.15) is 15.9 Å². The van der Waals surface area contributed by atoms with Crippen molar-refractivity contribution < 1.29 is 13.9 Å². The lowest BCUT2D eigenvalue weighted by Gasteiger charge is -2.18. The normalized spacial score (nSPS) is 19.9. The number of likely N-dealkylation sites (tertiary alicyclic amines) is 1. The number of nitrogens with one attached hydrogen (secondary N) is 1. The van der Waals surface area contributed by atoms with Gasteiger partial charge in [0, 0.05) is 26.2 Å². The van der Waals surface area contributed by atoms with Gasteiger partial charge in [0.15, 0.2) is 0 Å². The average molecular weight is 442 g/mol. The van der Waals surface area contributed by atoms with Crippen LogP contribution in [0.2, 0.25) is 0 Å². The lowest BCUT2D eigenvalue weighted by Crippen LogP contribution is -2.32. The molecule has 0 bridgehead atoms. The van der Waals surface area contributed by atoms with Crippen LogP contribution < -0.4 is 15.8 Å². The molecule has 8 heteroatoms. The Kier molecular flexibility index (Phi) is 8.28. The number of nitrogens with two attached hydrogens (primary N) is 1. The molecule has 0 saturated carbocycles. The molecule has 2 saturated heterocycles. The summed E-state index contributed by atoms with van der Waals surface area (Å²) in [5.74, 6) is 1.27. The van der Waals surface area contributed by atoms with Gasteiger partial charge in [-0.25, -0.2) is 4.39 Å². The van der Waals surface area contributed by atoms with Crippen molar-refractivity contribution in [3.8, 4) is 11.5 Å². The molecular formula is C21H26Cl2FN3O2. The van der Waals surface area contributed by atoms with Crippen LogP contribution in [0.3, 0.4) is 0 Å².